The average molecular weight is 333 g/mol. The molecule has 0 bridgehead atoms. The van der Waals surface area contributed by atoms with Gasteiger partial charge in [0, 0.05) is 11.1 Å². The zero-order valence-corrected chi connectivity index (χ0v) is 12.2. The van der Waals surface area contributed by atoms with Crippen molar-refractivity contribution in [2.24, 2.45) is 0 Å². The van der Waals surface area contributed by atoms with Crippen molar-refractivity contribution in [3.63, 3.8) is 0 Å². The predicted octanol–water partition coefficient (Wildman–Crippen LogP) is 0.929. The summed E-state index contributed by atoms with van der Waals surface area (Å²) in [6, 6.07) is 3.61. The third kappa shape index (κ3) is 2.53. The average Bonchev–Trinajstić information content (AvgIpc) is 2.30. The fourth-order valence-corrected chi connectivity index (χ4v) is 3.96. The number of aromatic hydroxyl groups is 1. The molecule has 0 aromatic heterocycles. The van der Waals surface area contributed by atoms with E-state index in [0.717, 1.165) is 6.07 Å². The molecule has 0 spiro atoms. The van der Waals surface area contributed by atoms with Crippen LogP contribution in [0, 0.1) is 6.92 Å². The monoisotopic (exact) mass is 333 g/mol. The Morgan fingerprint density at radius 3 is 2.10 bits per heavy atom. The lowest BCUT2D eigenvalue weighted by Crippen LogP contribution is -2.09. The number of hydrogen-bond acceptors (Lipinski definition) is 6. The highest BCUT2D eigenvalue weighted by Crippen LogP contribution is 2.40. The van der Waals surface area contributed by atoms with Crippen LogP contribution in [0.1, 0.15) is 5.56 Å². The number of fused-ring (bicyclic) bond motifs is 1. The highest BCUT2D eigenvalue weighted by molar-refractivity contribution is 7.89. The summed E-state index contributed by atoms with van der Waals surface area (Å²) >= 11 is 0. The van der Waals surface area contributed by atoms with Gasteiger partial charge >= 0.3 is 0 Å². The number of benzene rings is 2. The number of hydrogen-bond donors (Lipinski definition) is 4. The van der Waals surface area contributed by atoms with Crippen molar-refractivity contribution in [2.75, 3.05) is 5.73 Å². The molecule has 10 heteroatoms. The molecule has 0 radical (unpaired) electrons. The molecule has 0 heterocycles. The first-order chi connectivity index (χ1) is 9.44. The second kappa shape index (κ2) is 4.56. The van der Waals surface area contributed by atoms with E-state index < -0.39 is 35.8 Å². The van der Waals surface area contributed by atoms with E-state index in [0.29, 0.717) is 5.56 Å². The van der Waals surface area contributed by atoms with Gasteiger partial charge in [-0.05, 0) is 30.0 Å². The van der Waals surface area contributed by atoms with Gasteiger partial charge in [0.2, 0.25) is 0 Å². The van der Waals surface area contributed by atoms with Crippen LogP contribution in [0.5, 0.6) is 5.75 Å². The van der Waals surface area contributed by atoms with E-state index in [9.17, 15) is 21.9 Å². The summed E-state index contributed by atoms with van der Waals surface area (Å²) in [6.45, 7) is 1.48. The van der Waals surface area contributed by atoms with Gasteiger partial charge in [-0.1, -0.05) is 6.07 Å². The van der Waals surface area contributed by atoms with E-state index in [1.807, 2.05) is 0 Å². The van der Waals surface area contributed by atoms with Crippen LogP contribution in [0.25, 0.3) is 10.8 Å². The van der Waals surface area contributed by atoms with Gasteiger partial charge in [0.15, 0.2) is 4.90 Å². The Balaban J connectivity index is 3.19. The van der Waals surface area contributed by atoms with Gasteiger partial charge < -0.3 is 10.8 Å². The second-order valence-electron chi connectivity index (χ2n) is 4.38. The fourth-order valence-electron chi connectivity index (χ4n) is 2.06. The van der Waals surface area contributed by atoms with Crippen LogP contribution < -0.4 is 5.73 Å². The van der Waals surface area contributed by atoms with Crippen molar-refractivity contribution in [2.45, 2.75) is 16.7 Å². The minimum atomic E-state index is -5.10. The number of nitrogens with two attached hydrogens (primary N) is 1. The number of aryl methyl sites for hydroxylation is 1. The van der Waals surface area contributed by atoms with Gasteiger partial charge in [-0.15, -0.1) is 0 Å². The SMILES string of the molecule is Cc1c(N)ccc2cc(S(=O)(=O)O)c(S(=O)(=O)O)c(O)c12. The lowest BCUT2D eigenvalue weighted by atomic mass is 10.0. The number of nitrogen functional groups attached to an aromatic ring is 1. The van der Waals surface area contributed by atoms with E-state index >= 15 is 0 Å². The molecule has 5 N–H and O–H groups in total. The quantitative estimate of drug-likeness (QED) is 0.467. The van der Waals surface area contributed by atoms with Crippen LogP contribution in [-0.4, -0.2) is 31.0 Å². The van der Waals surface area contributed by atoms with Gasteiger partial charge in [0.25, 0.3) is 20.2 Å². The zero-order chi connectivity index (χ0) is 16.2. The summed E-state index contributed by atoms with van der Waals surface area (Å²) in [4.78, 5) is -2.40. The molecule has 2 rings (SSSR count). The molecule has 0 aliphatic heterocycles. The molecule has 21 heavy (non-hydrogen) atoms. The summed E-state index contributed by atoms with van der Waals surface area (Å²) in [5, 5.41) is 10.2. The van der Waals surface area contributed by atoms with E-state index in [4.69, 9.17) is 14.8 Å². The predicted molar refractivity (Wildman–Crippen MR) is 74.4 cm³/mol. The maximum Gasteiger partial charge on any atom is 0.299 e. The van der Waals surface area contributed by atoms with Gasteiger partial charge in [-0.3, -0.25) is 9.11 Å². The van der Waals surface area contributed by atoms with Gasteiger partial charge in [-0.2, -0.15) is 16.8 Å². The summed E-state index contributed by atoms with van der Waals surface area (Å²) in [5.41, 5.74) is 6.18. The largest absolute Gasteiger partial charge is 0.506 e. The Morgan fingerprint density at radius 2 is 1.62 bits per heavy atom. The highest BCUT2D eigenvalue weighted by Gasteiger charge is 2.30. The summed E-state index contributed by atoms with van der Waals surface area (Å²) in [5.74, 6) is -0.993. The molecule has 0 amide bonds. The standard InChI is InChI=1S/C11H11NO7S2/c1-5-7(12)3-2-6-4-8(20(14,15)16)11(21(17,18)19)10(13)9(5)6/h2-4,13H,12H2,1H3,(H,14,15,16)(H,17,18,19). The number of anilines is 1. The normalized spacial score (nSPS) is 12.7. The topological polar surface area (TPSA) is 155 Å². The van der Waals surface area contributed by atoms with Crippen LogP contribution >= 0.6 is 0 Å². The second-order valence-corrected chi connectivity index (χ2v) is 7.13. The van der Waals surface area contributed by atoms with Gasteiger partial charge in [-0.25, -0.2) is 0 Å². The molecule has 0 saturated carbocycles. The zero-order valence-electron chi connectivity index (χ0n) is 10.6. The van der Waals surface area contributed by atoms with Gasteiger partial charge in [0.1, 0.15) is 10.6 Å². The molecular weight excluding hydrogens is 322 g/mol. The highest BCUT2D eigenvalue weighted by atomic mass is 32.2. The van der Waals surface area contributed by atoms with Crippen molar-refractivity contribution in [1.82, 2.24) is 0 Å². The Kier molecular flexibility index (Phi) is 3.37. The number of phenols is 1. The maximum atomic E-state index is 11.3. The fraction of sp³-hybridized carbons (Fsp3) is 0.0909. The Labute approximate surface area is 120 Å². The molecule has 2 aromatic rings. The molecular formula is C11H11NO7S2. The number of phenolic OH excluding ortho intramolecular Hbond substituents is 1. The van der Waals surface area contributed by atoms with Crippen molar-refractivity contribution in [3.05, 3.63) is 23.8 Å². The molecule has 114 valence electrons. The van der Waals surface area contributed by atoms with Crippen molar-refractivity contribution in [3.8, 4) is 5.75 Å². The maximum absolute atomic E-state index is 11.3. The Hall–Kier alpha value is -1.88. The van der Waals surface area contributed by atoms with E-state index in [1.165, 1.54) is 19.1 Å². The third-order valence-electron chi connectivity index (χ3n) is 3.04. The van der Waals surface area contributed by atoms with Crippen LogP contribution in [-0.2, 0) is 20.2 Å². The molecule has 0 aliphatic rings. The Morgan fingerprint density at radius 1 is 1.05 bits per heavy atom. The van der Waals surface area contributed by atoms with Crippen LogP contribution in [0.3, 0.4) is 0 Å². The first-order valence-corrected chi connectivity index (χ1v) is 8.32. The third-order valence-corrected chi connectivity index (χ3v) is 4.97. The van der Waals surface area contributed by atoms with Gasteiger partial charge in [0.05, 0.1) is 0 Å². The lowest BCUT2D eigenvalue weighted by Gasteiger charge is -2.13. The van der Waals surface area contributed by atoms with E-state index in [1.54, 1.807) is 0 Å². The summed E-state index contributed by atoms with van der Waals surface area (Å²) < 4.78 is 63.5. The van der Waals surface area contributed by atoms with Crippen molar-refractivity contribution in [1.29, 1.82) is 0 Å². The minimum absolute atomic E-state index is 0.0324. The smallest absolute Gasteiger partial charge is 0.299 e. The molecule has 0 atom stereocenters. The van der Waals surface area contributed by atoms with Crippen LogP contribution in [0.4, 0.5) is 5.69 Å². The Bertz CT molecular complexity index is 962. The van der Waals surface area contributed by atoms with Crippen molar-refractivity contribution < 1.29 is 31.0 Å². The lowest BCUT2D eigenvalue weighted by molar-refractivity contribution is 0.435. The van der Waals surface area contributed by atoms with E-state index in [2.05, 4.69) is 0 Å². The first-order valence-electron chi connectivity index (χ1n) is 5.44. The molecule has 0 saturated heterocycles. The molecule has 0 unspecified atom stereocenters. The first kappa shape index (κ1) is 15.5. The van der Waals surface area contributed by atoms with Crippen LogP contribution in [0.15, 0.2) is 28.0 Å². The van der Waals surface area contributed by atoms with E-state index in [-0.39, 0.29) is 16.5 Å². The molecule has 8 nitrogen and oxygen atoms in total. The summed E-state index contributed by atoms with van der Waals surface area (Å²) in [6.07, 6.45) is 0. The minimum Gasteiger partial charge on any atom is -0.506 e. The van der Waals surface area contributed by atoms with Crippen molar-refractivity contribution >= 4 is 36.7 Å². The molecule has 0 fully saturated rings. The molecule has 0 aliphatic carbocycles. The van der Waals surface area contributed by atoms with Crippen LogP contribution in [0.2, 0.25) is 0 Å². The summed E-state index contributed by atoms with van der Waals surface area (Å²) in [7, 11) is -10.1. The molecule has 2 aromatic carbocycles. The number of rotatable bonds is 2.